The van der Waals surface area contributed by atoms with Gasteiger partial charge in [0.05, 0.1) is 11.3 Å². The number of rotatable bonds is 5. The Morgan fingerprint density at radius 3 is 2.76 bits per heavy atom. The first-order valence-electron chi connectivity index (χ1n) is 11.8. The Morgan fingerprint density at radius 2 is 1.91 bits per heavy atom. The summed E-state index contributed by atoms with van der Waals surface area (Å²) >= 11 is 1.81. The smallest absolute Gasteiger partial charge is 0.306 e. The topological polar surface area (TPSA) is 93.6 Å². The van der Waals surface area contributed by atoms with Gasteiger partial charge in [0.1, 0.15) is 16.5 Å². The fourth-order valence-electron chi connectivity index (χ4n) is 5.32. The largest absolute Gasteiger partial charge is 0.481 e. The van der Waals surface area contributed by atoms with Crippen LogP contribution in [0.1, 0.15) is 66.3 Å². The van der Waals surface area contributed by atoms with Gasteiger partial charge in [-0.2, -0.15) is 0 Å². The van der Waals surface area contributed by atoms with Crippen molar-refractivity contribution in [1.29, 1.82) is 0 Å². The zero-order valence-electron chi connectivity index (χ0n) is 18.4. The van der Waals surface area contributed by atoms with Gasteiger partial charge >= 0.3 is 5.97 Å². The number of carboxylic acids is 1. The van der Waals surface area contributed by atoms with E-state index in [1.807, 2.05) is 23.5 Å². The molecule has 33 heavy (non-hydrogen) atoms. The molecule has 3 heterocycles. The van der Waals surface area contributed by atoms with Crippen molar-refractivity contribution in [1.82, 2.24) is 9.97 Å². The molecule has 3 aliphatic rings. The Balaban J connectivity index is 1.32. The van der Waals surface area contributed by atoms with Crippen LogP contribution in [0.4, 0.5) is 5.82 Å². The predicted octanol–water partition coefficient (Wildman–Crippen LogP) is 5.27. The van der Waals surface area contributed by atoms with E-state index in [1.165, 1.54) is 28.7 Å². The van der Waals surface area contributed by atoms with E-state index in [0.29, 0.717) is 19.4 Å². The fourth-order valence-corrected chi connectivity index (χ4v) is 6.59. The highest BCUT2D eigenvalue weighted by molar-refractivity contribution is 7.19. The number of hydrogen-bond acceptors (Lipinski definition) is 7. The number of aromatic nitrogens is 2. The van der Waals surface area contributed by atoms with Crippen molar-refractivity contribution in [2.24, 2.45) is 5.92 Å². The van der Waals surface area contributed by atoms with Crippen molar-refractivity contribution in [3.05, 3.63) is 40.0 Å². The molecule has 7 nitrogen and oxygen atoms in total. The lowest BCUT2D eigenvalue weighted by atomic mass is 9.81. The lowest BCUT2D eigenvalue weighted by Crippen LogP contribution is -2.21. The number of carbonyl (C=O) groups is 1. The summed E-state index contributed by atoms with van der Waals surface area (Å²) < 4.78 is 11.0. The van der Waals surface area contributed by atoms with E-state index < -0.39 is 5.97 Å². The first kappa shape index (κ1) is 20.7. The molecule has 0 amide bonds. The molecule has 2 aliphatic carbocycles. The fraction of sp³-hybridized carbons (Fsp3) is 0.480. The number of thiophene rings is 1. The van der Waals surface area contributed by atoms with Crippen LogP contribution in [0.2, 0.25) is 0 Å². The molecule has 1 aromatic carbocycles. The van der Waals surface area contributed by atoms with E-state index in [4.69, 9.17) is 19.4 Å². The van der Waals surface area contributed by atoms with Gasteiger partial charge in [-0.3, -0.25) is 4.79 Å². The van der Waals surface area contributed by atoms with E-state index >= 15 is 0 Å². The summed E-state index contributed by atoms with van der Waals surface area (Å²) in [5, 5.41) is 14.1. The van der Waals surface area contributed by atoms with Gasteiger partial charge in [0, 0.05) is 17.3 Å². The molecule has 3 aromatic rings. The number of aryl methyl sites for hydroxylation is 2. The Bertz CT molecular complexity index is 1220. The van der Waals surface area contributed by atoms with Crippen molar-refractivity contribution >= 4 is 33.3 Å². The molecule has 1 fully saturated rings. The molecule has 0 spiro atoms. The minimum Gasteiger partial charge on any atom is -0.481 e. The van der Waals surface area contributed by atoms with Crippen molar-refractivity contribution < 1.29 is 19.4 Å². The SMILES string of the molecule is O=C(O)C1CCC(c2nc(NCc3ccc4c(c3)OCO4)c3c4c(sc3n2)CCCC4)CC1. The molecule has 8 heteroatoms. The van der Waals surface area contributed by atoms with Crippen molar-refractivity contribution in [2.75, 3.05) is 12.1 Å². The van der Waals surface area contributed by atoms with E-state index in [1.54, 1.807) is 0 Å². The summed E-state index contributed by atoms with van der Waals surface area (Å²) in [4.78, 5) is 24.0. The van der Waals surface area contributed by atoms with Crippen LogP contribution in [-0.4, -0.2) is 27.8 Å². The number of ether oxygens (including phenoxy) is 2. The van der Waals surface area contributed by atoms with Crippen molar-refractivity contribution in [3.8, 4) is 11.5 Å². The Kier molecular flexibility index (Phi) is 5.32. The molecule has 0 atom stereocenters. The number of nitrogens with zero attached hydrogens (tertiary/aromatic N) is 2. The molecule has 172 valence electrons. The first-order chi connectivity index (χ1) is 16.2. The number of anilines is 1. The van der Waals surface area contributed by atoms with Gasteiger partial charge in [-0.05, 0) is 74.6 Å². The van der Waals surface area contributed by atoms with E-state index in [9.17, 15) is 9.90 Å². The van der Waals surface area contributed by atoms with Gasteiger partial charge < -0.3 is 19.9 Å². The second-order valence-corrected chi connectivity index (χ2v) is 10.3. The Hall–Kier alpha value is -2.87. The third-order valence-electron chi connectivity index (χ3n) is 7.17. The molecule has 0 radical (unpaired) electrons. The lowest BCUT2D eigenvalue weighted by molar-refractivity contribution is -0.142. The maximum absolute atomic E-state index is 11.4. The van der Waals surface area contributed by atoms with Crippen LogP contribution < -0.4 is 14.8 Å². The molecule has 2 N–H and O–H groups in total. The molecule has 0 bridgehead atoms. The van der Waals surface area contributed by atoms with Crippen LogP contribution in [0.3, 0.4) is 0 Å². The third-order valence-corrected chi connectivity index (χ3v) is 8.36. The maximum atomic E-state index is 11.4. The highest BCUT2D eigenvalue weighted by Gasteiger charge is 2.30. The summed E-state index contributed by atoms with van der Waals surface area (Å²) in [6.45, 7) is 0.909. The summed E-state index contributed by atoms with van der Waals surface area (Å²) in [7, 11) is 0. The van der Waals surface area contributed by atoms with Gasteiger partial charge in [0.2, 0.25) is 6.79 Å². The molecular formula is C25H27N3O4S. The number of aliphatic carboxylic acids is 1. The van der Waals surface area contributed by atoms with Gasteiger partial charge in [0.25, 0.3) is 0 Å². The maximum Gasteiger partial charge on any atom is 0.306 e. The summed E-state index contributed by atoms with van der Waals surface area (Å²) in [6, 6.07) is 6.02. The monoisotopic (exact) mass is 465 g/mol. The number of benzene rings is 1. The van der Waals surface area contributed by atoms with Crippen molar-refractivity contribution in [3.63, 3.8) is 0 Å². The van der Waals surface area contributed by atoms with Crippen LogP contribution >= 0.6 is 11.3 Å². The predicted molar refractivity (Wildman–Crippen MR) is 126 cm³/mol. The molecule has 0 saturated heterocycles. The van der Waals surface area contributed by atoms with E-state index in [-0.39, 0.29) is 18.6 Å². The van der Waals surface area contributed by atoms with Crippen molar-refractivity contribution in [2.45, 2.75) is 63.8 Å². The molecule has 2 aromatic heterocycles. The zero-order valence-corrected chi connectivity index (χ0v) is 19.2. The molecule has 1 aliphatic heterocycles. The van der Waals surface area contributed by atoms with E-state index in [2.05, 4.69) is 11.4 Å². The Labute approximate surface area is 196 Å². The highest BCUT2D eigenvalue weighted by atomic mass is 32.1. The van der Waals surface area contributed by atoms with Crippen LogP contribution in [0.15, 0.2) is 18.2 Å². The quantitative estimate of drug-likeness (QED) is 0.530. The van der Waals surface area contributed by atoms with Crippen LogP contribution in [0.5, 0.6) is 11.5 Å². The standard InChI is InChI=1S/C25H27N3O4S/c29-25(30)16-8-6-15(7-9-16)22-27-23(21-17-3-1-2-4-20(17)33-24(21)28-22)26-12-14-5-10-18-19(11-14)32-13-31-18/h5,10-11,15-16H,1-4,6-9,12-13H2,(H,29,30)(H,26,27,28). The summed E-state index contributed by atoms with van der Waals surface area (Å²) in [5.41, 5.74) is 2.52. The molecule has 1 saturated carbocycles. The Morgan fingerprint density at radius 1 is 1.09 bits per heavy atom. The molecule has 0 unspecified atom stereocenters. The molecule has 6 rings (SSSR count). The van der Waals surface area contributed by atoms with E-state index in [0.717, 1.165) is 59.2 Å². The zero-order chi connectivity index (χ0) is 22.4. The third kappa shape index (κ3) is 3.90. The van der Waals surface area contributed by atoms with Gasteiger partial charge in [-0.25, -0.2) is 9.97 Å². The van der Waals surface area contributed by atoms with Gasteiger partial charge in [-0.1, -0.05) is 6.07 Å². The molecular weight excluding hydrogens is 438 g/mol. The first-order valence-corrected chi connectivity index (χ1v) is 12.6. The normalized spacial score (nSPS) is 21.7. The average Bonchev–Trinajstić information content (AvgIpc) is 3.46. The minimum atomic E-state index is -0.679. The van der Waals surface area contributed by atoms with Crippen LogP contribution in [0, 0.1) is 5.92 Å². The summed E-state index contributed by atoms with van der Waals surface area (Å²) in [5.74, 6) is 2.64. The van der Waals surface area contributed by atoms with Gasteiger partial charge in [0.15, 0.2) is 11.5 Å². The number of fused-ring (bicyclic) bond motifs is 4. The second kappa shape index (κ2) is 8.48. The average molecular weight is 466 g/mol. The highest BCUT2D eigenvalue weighted by Crippen LogP contribution is 2.41. The van der Waals surface area contributed by atoms with Crippen LogP contribution in [-0.2, 0) is 24.2 Å². The van der Waals surface area contributed by atoms with Crippen LogP contribution in [0.25, 0.3) is 10.2 Å². The van der Waals surface area contributed by atoms with Gasteiger partial charge in [-0.15, -0.1) is 11.3 Å². The number of nitrogens with one attached hydrogen (secondary N) is 1. The minimum absolute atomic E-state index is 0.218. The second-order valence-electron chi connectivity index (χ2n) is 9.25. The lowest BCUT2D eigenvalue weighted by Gasteiger charge is -2.25. The number of carboxylic acid groups (broad SMARTS) is 1. The number of hydrogen-bond donors (Lipinski definition) is 2. The summed E-state index contributed by atoms with van der Waals surface area (Å²) in [6.07, 6.45) is 7.70.